The van der Waals surface area contributed by atoms with E-state index in [0.29, 0.717) is 12.5 Å². The highest BCUT2D eigenvalue weighted by Gasteiger charge is 2.32. The van der Waals surface area contributed by atoms with Crippen LogP contribution >= 0.6 is 24.0 Å². The second kappa shape index (κ2) is 13.2. The molecule has 10 heteroatoms. The Hall–Kier alpha value is -1.43. The smallest absolute Gasteiger partial charge is 0.225 e. The predicted molar refractivity (Wildman–Crippen MR) is 131 cm³/mol. The Labute approximate surface area is 202 Å². The van der Waals surface area contributed by atoms with E-state index in [1.165, 1.54) is 12.8 Å². The fraction of sp³-hybridized carbons (Fsp3) is 0.810. The molecule has 0 radical (unpaired) electrons. The maximum absolute atomic E-state index is 12.7. The van der Waals surface area contributed by atoms with Crippen LogP contribution in [0.25, 0.3) is 0 Å². The molecule has 2 aliphatic rings. The topological polar surface area (TPSA) is 96.7 Å². The lowest BCUT2D eigenvalue weighted by molar-refractivity contribution is -0.134. The highest BCUT2D eigenvalue weighted by atomic mass is 127. The number of likely N-dealkylation sites (tertiary alicyclic amines) is 1. The molecule has 0 aromatic carbocycles. The second-order valence-electron chi connectivity index (χ2n) is 8.26. The van der Waals surface area contributed by atoms with Crippen molar-refractivity contribution in [3.8, 4) is 0 Å². The third-order valence-corrected chi connectivity index (χ3v) is 6.07. The summed E-state index contributed by atoms with van der Waals surface area (Å²) in [7, 11) is 1.95. The number of nitrogens with zero attached hydrogens (tertiary/aromatic N) is 5. The minimum atomic E-state index is 0. The normalized spacial score (nSPS) is 19.5. The average Bonchev–Trinajstić information content (AvgIpc) is 3.49. The SMILES string of the molecule is CCOCCCNC(=NCc1nnc(C)n1C)NC1CCN(C(=O)C2CCCC2)C1.I. The number of halogens is 1. The van der Waals surface area contributed by atoms with Crippen molar-refractivity contribution in [2.45, 2.75) is 65.0 Å². The number of hydrogen-bond acceptors (Lipinski definition) is 5. The zero-order chi connectivity index (χ0) is 21.3. The van der Waals surface area contributed by atoms with E-state index in [0.717, 1.165) is 76.1 Å². The molecule has 1 unspecified atom stereocenters. The van der Waals surface area contributed by atoms with Crippen LogP contribution in [-0.4, -0.2) is 70.4 Å². The lowest BCUT2D eigenvalue weighted by Crippen LogP contribution is -2.46. The number of nitrogens with one attached hydrogen (secondary N) is 2. The monoisotopic (exact) mass is 547 g/mol. The van der Waals surface area contributed by atoms with Crippen LogP contribution in [0.3, 0.4) is 0 Å². The van der Waals surface area contributed by atoms with Crippen molar-refractivity contribution in [2.24, 2.45) is 18.0 Å². The Morgan fingerprint density at radius 2 is 2.03 bits per heavy atom. The molecule has 1 atom stereocenters. The first kappa shape index (κ1) is 25.8. The standard InChI is InChI=1S/C21H37N7O2.HI/c1-4-30-13-7-11-22-21(23-14-19-26-25-16(2)27(19)3)24-18-10-12-28(15-18)20(29)17-8-5-6-9-17;/h17-18H,4-15H2,1-3H3,(H2,22,23,24);1H. The van der Waals surface area contributed by atoms with Crippen LogP contribution in [0, 0.1) is 12.8 Å². The van der Waals surface area contributed by atoms with Crippen LogP contribution in [0.2, 0.25) is 0 Å². The Balaban J connectivity index is 0.00000341. The molecule has 31 heavy (non-hydrogen) atoms. The molecule has 1 saturated carbocycles. The van der Waals surface area contributed by atoms with E-state index in [2.05, 4.69) is 20.8 Å². The summed E-state index contributed by atoms with van der Waals surface area (Å²) in [6.45, 7) is 8.20. The number of aryl methyl sites for hydroxylation is 1. The number of ether oxygens (including phenoxy) is 1. The van der Waals surface area contributed by atoms with Crippen molar-refractivity contribution < 1.29 is 9.53 Å². The van der Waals surface area contributed by atoms with Gasteiger partial charge in [-0.1, -0.05) is 12.8 Å². The summed E-state index contributed by atoms with van der Waals surface area (Å²) >= 11 is 0. The Kier molecular flexibility index (Phi) is 11.0. The lowest BCUT2D eigenvalue weighted by Gasteiger charge is -2.21. The van der Waals surface area contributed by atoms with Gasteiger partial charge in [0.25, 0.3) is 0 Å². The number of carbonyl (C=O) groups excluding carboxylic acids is 1. The van der Waals surface area contributed by atoms with E-state index in [1.807, 2.05) is 30.4 Å². The first-order valence-electron chi connectivity index (χ1n) is 11.3. The zero-order valence-electron chi connectivity index (χ0n) is 19.1. The molecule has 1 aliphatic carbocycles. The van der Waals surface area contributed by atoms with E-state index in [1.54, 1.807) is 0 Å². The maximum atomic E-state index is 12.7. The van der Waals surface area contributed by atoms with Crippen LogP contribution in [0.4, 0.5) is 0 Å². The van der Waals surface area contributed by atoms with Gasteiger partial charge in [-0.3, -0.25) is 4.79 Å². The Bertz CT molecular complexity index is 719. The van der Waals surface area contributed by atoms with Gasteiger partial charge in [-0.25, -0.2) is 4.99 Å². The van der Waals surface area contributed by atoms with Gasteiger partial charge in [0.15, 0.2) is 11.8 Å². The first-order valence-corrected chi connectivity index (χ1v) is 11.3. The minimum absolute atomic E-state index is 0. The van der Waals surface area contributed by atoms with E-state index < -0.39 is 0 Å². The molecular weight excluding hydrogens is 509 g/mol. The molecule has 2 N–H and O–H groups in total. The van der Waals surface area contributed by atoms with E-state index in [4.69, 9.17) is 9.73 Å². The lowest BCUT2D eigenvalue weighted by atomic mass is 10.1. The van der Waals surface area contributed by atoms with Crippen molar-refractivity contribution in [2.75, 3.05) is 32.8 Å². The van der Waals surface area contributed by atoms with E-state index in [9.17, 15) is 4.79 Å². The van der Waals surface area contributed by atoms with Crippen LogP contribution in [0.5, 0.6) is 0 Å². The van der Waals surface area contributed by atoms with Crippen molar-refractivity contribution in [1.29, 1.82) is 0 Å². The molecule has 1 amide bonds. The van der Waals surface area contributed by atoms with Gasteiger partial charge >= 0.3 is 0 Å². The van der Waals surface area contributed by atoms with Crippen molar-refractivity contribution in [3.63, 3.8) is 0 Å². The van der Waals surface area contributed by atoms with Gasteiger partial charge < -0.3 is 24.8 Å². The van der Waals surface area contributed by atoms with Gasteiger partial charge in [0.05, 0.1) is 0 Å². The van der Waals surface area contributed by atoms with Crippen LogP contribution in [0.15, 0.2) is 4.99 Å². The number of aliphatic imine (C=N–C) groups is 1. The molecule has 0 spiro atoms. The molecule has 1 aromatic rings. The number of guanidine groups is 1. The molecule has 1 saturated heterocycles. The summed E-state index contributed by atoms with van der Waals surface area (Å²) in [5, 5.41) is 15.2. The molecule has 2 heterocycles. The molecule has 2 fully saturated rings. The summed E-state index contributed by atoms with van der Waals surface area (Å²) in [6, 6.07) is 0.217. The number of aromatic nitrogens is 3. The molecule has 176 valence electrons. The van der Waals surface area contributed by atoms with Gasteiger partial charge in [-0.2, -0.15) is 0 Å². The molecule has 0 bridgehead atoms. The fourth-order valence-electron chi connectivity index (χ4n) is 4.12. The van der Waals surface area contributed by atoms with Crippen LogP contribution in [-0.2, 0) is 23.1 Å². The summed E-state index contributed by atoms with van der Waals surface area (Å²) in [6.07, 6.45) is 6.35. The number of hydrogen-bond donors (Lipinski definition) is 2. The summed E-state index contributed by atoms with van der Waals surface area (Å²) in [5.41, 5.74) is 0. The number of amides is 1. The number of carbonyl (C=O) groups is 1. The molecule has 1 aromatic heterocycles. The van der Waals surface area contributed by atoms with Gasteiger partial charge in [0, 0.05) is 51.9 Å². The van der Waals surface area contributed by atoms with Crippen molar-refractivity contribution in [1.82, 2.24) is 30.3 Å². The number of rotatable bonds is 9. The maximum Gasteiger partial charge on any atom is 0.225 e. The molecular formula is C21H38IN7O2. The van der Waals surface area contributed by atoms with Gasteiger partial charge in [-0.05, 0) is 39.5 Å². The molecule has 3 rings (SSSR count). The van der Waals surface area contributed by atoms with Crippen LogP contribution in [0.1, 0.15) is 57.1 Å². The van der Waals surface area contributed by atoms with Crippen molar-refractivity contribution in [3.05, 3.63) is 11.6 Å². The summed E-state index contributed by atoms with van der Waals surface area (Å²) in [4.78, 5) is 19.5. The largest absolute Gasteiger partial charge is 0.382 e. The Morgan fingerprint density at radius 1 is 1.26 bits per heavy atom. The highest BCUT2D eigenvalue weighted by molar-refractivity contribution is 14.0. The van der Waals surface area contributed by atoms with E-state index in [-0.39, 0.29) is 35.9 Å². The zero-order valence-corrected chi connectivity index (χ0v) is 21.4. The third kappa shape index (κ3) is 7.58. The Morgan fingerprint density at radius 3 is 2.71 bits per heavy atom. The van der Waals surface area contributed by atoms with Gasteiger partial charge in [-0.15, -0.1) is 34.2 Å². The predicted octanol–water partition coefficient (Wildman–Crippen LogP) is 1.99. The van der Waals surface area contributed by atoms with Crippen molar-refractivity contribution >= 4 is 35.8 Å². The highest BCUT2D eigenvalue weighted by Crippen LogP contribution is 2.27. The molecule has 1 aliphatic heterocycles. The summed E-state index contributed by atoms with van der Waals surface area (Å²) in [5.74, 6) is 3.04. The second-order valence-corrected chi connectivity index (χ2v) is 8.26. The average molecular weight is 547 g/mol. The van der Waals surface area contributed by atoms with Crippen LogP contribution < -0.4 is 10.6 Å². The van der Waals surface area contributed by atoms with Gasteiger partial charge in [0.1, 0.15) is 12.4 Å². The molecule has 9 nitrogen and oxygen atoms in total. The van der Waals surface area contributed by atoms with Gasteiger partial charge in [0.2, 0.25) is 5.91 Å². The minimum Gasteiger partial charge on any atom is -0.382 e. The summed E-state index contributed by atoms with van der Waals surface area (Å²) < 4.78 is 7.37. The van der Waals surface area contributed by atoms with E-state index >= 15 is 0 Å². The fourth-order valence-corrected chi connectivity index (χ4v) is 4.12. The quantitative estimate of drug-likeness (QED) is 0.213. The third-order valence-electron chi connectivity index (χ3n) is 6.07. The first-order chi connectivity index (χ1) is 14.6.